The van der Waals surface area contributed by atoms with Crippen LogP contribution in [0.1, 0.15) is 32.6 Å². The second-order valence-corrected chi connectivity index (χ2v) is 7.19. The van der Waals surface area contributed by atoms with Gasteiger partial charge in [0.25, 0.3) is 0 Å². The van der Waals surface area contributed by atoms with E-state index < -0.39 is 0 Å². The molecule has 0 N–H and O–H groups in total. The molecular weight excluding hydrogens is 314 g/mol. The van der Waals surface area contributed by atoms with E-state index in [0.717, 1.165) is 38.2 Å². The van der Waals surface area contributed by atoms with Crippen molar-refractivity contribution in [1.82, 2.24) is 9.80 Å². The maximum absolute atomic E-state index is 12.6. The van der Waals surface area contributed by atoms with Gasteiger partial charge in [-0.25, -0.2) is 0 Å². The van der Waals surface area contributed by atoms with E-state index in [0.29, 0.717) is 25.4 Å². The molecule has 5 nitrogen and oxygen atoms in total. The van der Waals surface area contributed by atoms with Gasteiger partial charge in [0.05, 0.1) is 0 Å². The molecule has 0 aliphatic carbocycles. The summed E-state index contributed by atoms with van der Waals surface area (Å²) in [4.78, 5) is 31.1. The normalized spacial score (nSPS) is 20.1. The molecule has 2 fully saturated rings. The van der Waals surface area contributed by atoms with Crippen molar-refractivity contribution < 1.29 is 9.59 Å². The summed E-state index contributed by atoms with van der Waals surface area (Å²) >= 11 is 0. The van der Waals surface area contributed by atoms with Gasteiger partial charge in [0.15, 0.2) is 0 Å². The molecule has 5 heteroatoms. The molecule has 2 amide bonds. The molecular formula is C20H29N3O2. The lowest BCUT2D eigenvalue weighted by molar-refractivity contribution is -0.137. The molecule has 136 valence electrons. The van der Waals surface area contributed by atoms with Gasteiger partial charge in [0, 0.05) is 25.2 Å². The lowest BCUT2D eigenvalue weighted by Crippen LogP contribution is -2.52. The lowest BCUT2D eigenvalue weighted by Gasteiger charge is -2.36. The Kier molecular flexibility index (Phi) is 6.08. The summed E-state index contributed by atoms with van der Waals surface area (Å²) in [7, 11) is 0. The number of para-hydroxylation sites is 1. The minimum absolute atomic E-state index is 0.0172. The minimum Gasteiger partial charge on any atom is -0.332 e. The van der Waals surface area contributed by atoms with Crippen molar-refractivity contribution in [3.05, 3.63) is 30.3 Å². The van der Waals surface area contributed by atoms with Gasteiger partial charge in [-0.05, 0) is 56.9 Å². The number of rotatable bonds is 5. The molecule has 0 saturated carbocycles. The molecule has 0 spiro atoms. The Morgan fingerprint density at radius 2 is 1.80 bits per heavy atom. The van der Waals surface area contributed by atoms with E-state index in [1.165, 1.54) is 6.42 Å². The zero-order valence-electron chi connectivity index (χ0n) is 15.2. The topological polar surface area (TPSA) is 43.9 Å². The van der Waals surface area contributed by atoms with Gasteiger partial charge in [-0.1, -0.05) is 25.1 Å². The second-order valence-electron chi connectivity index (χ2n) is 7.19. The molecule has 0 radical (unpaired) electrons. The Morgan fingerprint density at radius 1 is 1.08 bits per heavy atom. The molecule has 0 atom stereocenters. The smallest absolute Gasteiger partial charge is 0.246 e. The average molecular weight is 343 g/mol. The standard InChI is InChI=1S/C20H29N3O2/c1-2-10-21-11-8-17(9-12-21)15-19(24)22-13-14-23(20(25)16-22)18-6-4-3-5-7-18/h3-7,17H,2,8-16H2,1H3. The number of amides is 2. The third-order valence-electron chi connectivity index (χ3n) is 5.35. The van der Waals surface area contributed by atoms with Crippen LogP contribution >= 0.6 is 0 Å². The van der Waals surface area contributed by atoms with Gasteiger partial charge in [-0.2, -0.15) is 0 Å². The van der Waals surface area contributed by atoms with Crippen LogP contribution in [0.25, 0.3) is 0 Å². The Bertz CT molecular complexity index is 582. The molecule has 0 aromatic heterocycles. The van der Waals surface area contributed by atoms with E-state index in [9.17, 15) is 9.59 Å². The van der Waals surface area contributed by atoms with Crippen LogP contribution < -0.4 is 4.90 Å². The quantitative estimate of drug-likeness (QED) is 0.824. The fraction of sp³-hybridized carbons (Fsp3) is 0.600. The monoisotopic (exact) mass is 343 g/mol. The number of carbonyl (C=O) groups excluding carboxylic acids is 2. The van der Waals surface area contributed by atoms with Crippen molar-refractivity contribution in [2.45, 2.75) is 32.6 Å². The van der Waals surface area contributed by atoms with Crippen LogP contribution in [0.15, 0.2) is 30.3 Å². The van der Waals surface area contributed by atoms with Crippen LogP contribution in [-0.2, 0) is 9.59 Å². The largest absolute Gasteiger partial charge is 0.332 e. The predicted octanol–water partition coefficient (Wildman–Crippen LogP) is 2.37. The Labute approximate surface area is 150 Å². The third kappa shape index (κ3) is 4.60. The molecule has 3 rings (SSSR count). The van der Waals surface area contributed by atoms with E-state index in [1.54, 1.807) is 9.80 Å². The molecule has 2 heterocycles. The van der Waals surface area contributed by atoms with Crippen LogP contribution in [0.4, 0.5) is 5.69 Å². The molecule has 2 aliphatic heterocycles. The Balaban J connectivity index is 1.47. The molecule has 0 unspecified atom stereocenters. The molecule has 1 aromatic carbocycles. The number of piperazine rings is 1. The lowest BCUT2D eigenvalue weighted by atomic mass is 9.92. The summed E-state index contributed by atoms with van der Waals surface area (Å²) < 4.78 is 0. The van der Waals surface area contributed by atoms with E-state index in [4.69, 9.17) is 0 Å². The molecule has 0 bridgehead atoms. The van der Waals surface area contributed by atoms with Gasteiger partial charge in [-0.3, -0.25) is 9.59 Å². The van der Waals surface area contributed by atoms with Crippen molar-refractivity contribution >= 4 is 17.5 Å². The number of carbonyl (C=O) groups is 2. The van der Waals surface area contributed by atoms with Crippen molar-refractivity contribution in [3.8, 4) is 0 Å². The van der Waals surface area contributed by atoms with Gasteiger partial charge >= 0.3 is 0 Å². The van der Waals surface area contributed by atoms with Crippen LogP contribution in [0, 0.1) is 5.92 Å². The maximum Gasteiger partial charge on any atom is 0.246 e. The van der Waals surface area contributed by atoms with E-state index in [1.807, 2.05) is 30.3 Å². The first-order chi connectivity index (χ1) is 12.2. The molecule has 25 heavy (non-hydrogen) atoms. The van der Waals surface area contributed by atoms with Crippen LogP contribution in [0.5, 0.6) is 0 Å². The molecule has 2 saturated heterocycles. The van der Waals surface area contributed by atoms with Crippen molar-refractivity contribution in [2.24, 2.45) is 5.92 Å². The highest BCUT2D eigenvalue weighted by molar-refractivity contribution is 5.97. The van der Waals surface area contributed by atoms with Crippen molar-refractivity contribution in [3.63, 3.8) is 0 Å². The average Bonchev–Trinajstić information content (AvgIpc) is 2.64. The van der Waals surface area contributed by atoms with Crippen LogP contribution in [-0.4, -0.2) is 60.9 Å². The maximum atomic E-state index is 12.6. The highest BCUT2D eigenvalue weighted by atomic mass is 16.2. The van der Waals surface area contributed by atoms with Crippen molar-refractivity contribution in [1.29, 1.82) is 0 Å². The first-order valence-corrected chi connectivity index (χ1v) is 9.53. The Hall–Kier alpha value is -1.88. The van der Waals surface area contributed by atoms with E-state index in [-0.39, 0.29) is 18.4 Å². The van der Waals surface area contributed by atoms with Gasteiger partial charge in [-0.15, -0.1) is 0 Å². The van der Waals surface area contributed by atoms with E-state index >= 15 is 0 Å². The number of piperidine rings is 1. The Morgan fingerprint density at radius 3 is 2.44 bits per heavy atom. The highest BCUT2D eigenvalue weighted by Crippen LogP contribution is 2.23. The summed E-state index contributed by atoms with van der Waals surface area (Å²) in [5.74, 6) is 0.640. The minimum atomic E-state index is 0.0172. The SMILES string of the molecule is CCCN1CCC(CC(=O)N2CCN(c3ccccc3)C(=O)C2)CC1. The highest BCUT2D eigenvalue weighted by Gasteiger charge is 2.30. The fourth-order valence-electron chi connectivity index (χ4n) is 3.87. The third-order valence-corrected chi connectivity index (χ3v) is 5.35. The summed E-state index contributed by atoms with van der Waals surface area (Å²) in [5.41, 5.74) is 0.919. The summed E-state index contributed by atoms with van der Waals surface area (Å²) in [6.45, 7) is 7.01. The van der Waals surface area contributed by atoms with Gasteiger partial charge in [0.2, 0.25) is 11.8 Å². The van der Waals surface area contributed by atoms with Gasteiger partial charge in [0.1, 0.15) is 6.54 Å². The number of nitrogens with zero attached hydrogens (tertiary/aromatic N) is 3. The number of likely N-dealkylation sites (tertiary alicyclic amines) is 1. The zero-order chi connectivity index (χ0) is 17.6. The fourth-order valence-corrected chi connectivity index (χ4v) is 3.87. The van der Waals surface area contributed by atoms with Gasteiger partial charge < -0.3 is 14.7 Å². The molecule has 1 aromatic rings. The summed E-state index contributed by atoms with van der Waals surface area (Å²) in [5, 5.41) is 0. The summed E-state index contributed by atoms with van der Waals surface area (Å²) in [6.07, 6.45) is 3.99. The number of hydrogen-bond donors (Lipinski definition) is 0. The number of benzene rings is 1. The summed E-state index contributed by atoms with van der Waals surface area (Å²) in [6, 6.07) is 9.70. The number of anilines is 1. The second kappa shape index (κ2) is 8.48. The molecule has 2 aliphatic rings. The van der Waals surface area contributed by atoms with E-state index in [2.05, 4.69) is 11.8 Å². The van der Waals surface area contributed by atoms with Crippen molar-refractivity contribution in [2.75, 3.05) is 44.2 Å². The first kappa shape index (κ1) is 17.9. The van der Waals surface area contributed by atoms with Crippen LogP contribution in [0.2, 0.25) is 0 Å². The predicted molar refractivity (Wildman–Crippen MR) is 99.4 cm³/mol. The number of hydrogen-bond acceptors (Lipinski definition) is 3. The first-order valence-electron chi connectivity index (χ1n) is 9.53. The zero-order valence-corrected chi connectivity index (χ0v) is 15.2. The van der Waals surface area contributed by atoms with Crippen LogP contribution in [0.3, 0.4) is 0 Å².